The van der Waals surface area contributed by atoms with Gasteiger partial charge in [0.25, 0.3) is 0 Å². The molecule has 2 unspecified atom stereocenters. The molecule has 0 saturated carbocycles. The molecule has 0 fully saturated rings. The standard InChI is InChI=1S/C76H143NO5/c1-3-5-7-9-11-13-15-17-19-21-23-24-25-27-30-33-36-40-44-48-52-56-60-64-68-74(79)73(72-78)77-75(80)69-65-61-57-53-49-45-41-37-34-31-28-26-29-32-35-39-43-47-51-55-59-63-67-71-82-76(81)70-66-62-58-54-50-46-42-38-22-20-18-16-14-12-10-8-6-4-2/h14,16,20,22,26,29,31,34,73-74,78-79H,3-13,15,17-19,21,23-25,27-28,30,32-33,35-72H2,1-2H3,(H,77,80)/b16-14-,22-20-,29-26-,34-31-. The van der Waals surface area contributed by atoms with Gasteiger partial charge < -0.3 is 20.3 Å². The van der Waals surface area contributed by atoms with Crippen molar-refractivity contribution in [1.82, 2.24) is 5.32 Å². The van der Waals surface area contributed by atoms with Gasteiger partial charge in [0.2, 0.25) is 5.91 Å². The van der Waals surface area contributed by atoms with E-state index in [9.17, 15) is 19.8 Å². The number of aliphatic hydroxyl groups excluding tert-OH is 2. The van der Waals surface area contributed by atoms with Crippen LogP contribution < -0.4 is 5.32 Å². The smallest absolute Gasteiger partial charge is 0.305 e. The van der Waals surface area contributed by atoms with Gasteiger partial charge in [0.05, 0.1) is 25.4 Å². The fourth-order valence-electron chi connectivity index (χ4n) is 11.5. The maximum Gasteiger partial charge on any atom is 0.305 e. The van der Waals surface area contributed by atoms with Gasteiger partial charge >= 0.3 is 5.97 Å². The summed E-state index contributed by atoms with van der Waals surface area (Å²) < 4.78 is 5.50. The van der Waals surface area contributed by atoms with Crippen molar-refractivity contribution in [1.29, 1.82) is 0 Å². The molecule has 6 heteroatoms. The van der Waals surface area contributed by atoms with E-state index in [-0.39, 0.29) is 18.5 Å². The van der Waals surface area contributed by atoms with Gasteiger partial charge in [0.15, 0.2) is 0 Å². The molecule has 0 saturated heterocycles. The van der Waals surface area contributed by atoms with Crippen molar-refractivity contribution in [2.75, 3.05) is 13.2 Å². The van der Waals surface area contributed by atoms with Crippen molar-refractivity contribution in [3.8, 4) is 0 Å². The Morgan fingerprint density at radius 3 is 0.939 bits per heavy atom. The van der Waals surface area contributed by atoms with E-state index in [4.69, 9.17) is 4.74 Å². The number of hydrogen-bond acceptors (Lipinski definition) is 5. The Bertz CT molecular complexity index is 1370. The van der Waals surface area contributed by atoms with E-state index < -0.39 is 12.1 Å². The van der Waals surface area contributed by atoms with E-state index in [1.807, 2.05) is 0 Å². The van der Waals surface area contributed by atoms with Crippen LogP contribution in [0.15, 0.2) is 48.6 Å². The second kappa shape index (κ2) is 71.3. The number of carbonyl (C=O) groups is 2. The fraction of sp³-hybridized carbons (Fsp3) is 0.868. The lowest BCUT2D eigenvalue weighted by atomic mass is 10.0. The fourth-order valence-corrected chi connectivity index (χ4v) is 11.5. The van der Waals surface area contributed by atoms with Crippen molar-refractivity contribution < 1.29 is 24.5 Å². The molecule has 3 N–H and O–H groups in total. The highest BCUT2D eigenvalue weighted by molar-refractivity contribution is 5.76. The molecule has 82 heavy (non-hydrogen) atoms. The molecule has 482 valence electrons. The average Bonchev–Trinajstić information content (AvgIpc) is 3.48. The molecule has 0 radical (unpaired) electrons. The van der Waals surface area contributed by atoms with E-state index in [1.165, 1.54) is 302 Å². The summed E-state index contributed by atoms with van der Waals surface area (Å²) in [6, 6.07) is -0.552. The topological polar surface area (TPSA) is 95.9 Å². The summed E-state index contributed by atoms with van der Waals surface area (Å²) in [4.78, 5) is 24.7. The Balaban J connectivity index is 3.44. The molecule has 0 aromatic heterocycles. The molecule has 0 aromatic rings. The minimum atomic E-state index is -0.674. The van der Waals surface area contributed by atoms with Gasteiger partial charge in [-0.25, -0.2) is 0 Å². The molecule has 0 aliphatic carbocycles. The molecule has 0 aliphatic rings. The summed E-state index contributed by atoms with van der Waals surface area (Å²) in [6.45, 7) is 4.96. The van der Waals surface area contributed by atoms with Gasteiger partial charge in [0.1, 0.15) is 0 Å². The third kappa shape index (κ3) is 67.0. The Morgan fingerprint density at radius 2 is 0.610 bits per heavy atom. The van der Waals surface area contributed by atoms with E-state index >= 15 is 0 Å². The van der Waals surface area contributed by atoms with E-state index in [0.717, 1.165) is 64.2 Å². The van der Waals surface area contributed by atoms with E-state index in [2.05, 4.69) is 67.8 Å². The lowest BCUT2D eigenvalue weighted by molar-refractivity contribution is -0.143. The van der Waals surface area contributed by atoms with Gasteiger partial charge in [-0.05, 0) is 89.9 Å². The van der Waals surface area contributed by atoms with Crippen molar-refractivity contribution in [3.63, 3.8) is 0 Å². The summed E-state index contributed by atoms with van der Waals surface area (Å²) >= 11 is 0. The molecule has 1 amide bonds. The maximum atomic E-state index is 12.6. The molecule has 0 bridgehead atoms. The predicted octanol–water partition coefficient (Wildman–Crippen LogP) is 24.0. The van der Waals surface area contributed by atoms with Crippen molar-refractivity contribution in [2.24, 2.45) is 0 Å². The molecule has 0 heterocycles. The molecule has 0 aromatic carbocycles. The van der Waals surface area contributed by atoms with Crippen LogP contribution in [0.4, 0.5) is 0 Å². The highest BCUT2D eigenvalue weighted by Gasteiger charge is 2.20. The summed E-state index contributed by atoms with van der Waals surface area (Å²) in [5.74, 6) is -0.0413. The minimum absolute atomic E-state index is 0.000276. The second-order valence-corrected chi connectivity index (χ2v) is 25.3. The van der Waals surface area contributed by atoms with E-state index in [0.29, 0.717) is 25.9 Å². The molecule has 6 nitrogen and oxygen atoms in total. The van der Waals surface area contributed by atoms with Crippen LogP contribution in [-0.4, -0.2) is 47.4 Å². The quantitative estimate of drug-likeness (QED) is 0.0320. The molecule has 0 spiro atoms. The van der Waals surface area contributed by atoms with Crippen LogP contribution in [0.3, 0.4) is 0 Å². The summed E-state index contributed by atoms with van der Waals surface area (Å²) in [6.07, 6.45) is 93.0. The van der Waals surface area contributed by atoms with Crippen LogP contribution in [-0.2, 0) is 14.3 Å². The molecular weight excluding hydrogens is 1010 g/mol. The summed E-state index contributed by atoms with van der Waals surface area (Å²) in [5.41, 5.74) is 0. The average molecular weight is 1150 g/mol. The molecule has 0 aliphatic heterocycles. The predicted molar refractivity (Wildman–Crippen MR) is 361 cm³/mol. The number of rotatable bonds is 69. The molecule has 0 rings (SSSR count). The number of esters is 1. The summed E-state index contributed by atoms with van der Waals surface area (Å²) in [7, 11) is 0. The van der Waals surface area contributed by atoms with Gasteiger partial charge in [-0.3, -0.25) is 9.59 Å². The van der Waals surface area contributed by atoms with Crippen LogP contribution in [0.25, 0.3) is 0 Å². The first-order chi connectivity index (χ1) is 40.5. The highest BCUT2D eigenvalue weighted by Crippen LogP contribution is 2.19. The van der Waals surface area contributed by atoms with Crippen LogP contribution in [0.5, 0.6) is 0 Å². The number of carbonyl (C=O) groups excluding carboxylic acids is 2. The monoisotopic (exact) mass is 1150 g/mol. The zero-order valence-electron chi connectivity index (χ0n) is 55.2. The van der Waals surface area contributed by atoms with Crippen LogP contribution in [0.1, 0.15) is 399 Å². The lowest BCUT2D eigenvalue weighted by Gasteiger charge is -2.22. The zero-order valence-corrected chi connectivity index (χ0v) is 55.2. The minimum Gasteiger partial charge on any atom is -0.466 e. The summed E-state index contributed by atoms with van der Waals surface area (Å²) in [5, 5.41) is 23.4. The van der Waals surface area contributed by atoms with Gasteiger partial charge in [-0.1, -0.05) is 345 Å². The third-order valence-corrected chi connectivity index (χ3v) is 17.1. The van der Waals surface area contributed by atoms with Crippen LogP contribution in [0.2, 0.25) is 0 Å². The normalized spacial score (nSPS) is 12.8. The van der Waals surface area contributed by atoms with Crippen LogP contribution in [0, 0.1) is 0 Å². The Morgan fingerprint density at radius 1 is 0.341 bits per heavy atom. The Labute approximate surface area is 512 Å². The number of hydrogen-bond donors (Lipinski definition) is 3. The first kappa shape index (κ1) is 79.8. The Kier molecular flexibility index (Phi) is 69.4. The van der Waals surface area contributed by atoms with Crippen LogP contribution >= 0.6 is 0 Å². The highest BCUT2D eigenvalue weighted by atomic mass is 16.5. The van der Waals surface area contributed by atoms with Crippen molar-refractivity contribution >= 4 is 11.9 Å². The van der Waals surface area contributed by atoms with Crippen molar-refractivity contribution in [3.05, 3.63) is 48.6 Å². The SMILES string of the molecule is CCCCCC/C=C\C/C=C\CCCCCCCCCC(=O)OCCCCCCCCCCC/C=C\C/C=C\CCCCCCCCCC(=O)NC(CO)C(O)CCCCCCCCCCCCCCCCCCCCCCCCCC. The van der Waals surface area contributed by atoms with Gasteiger partial charge in [0, 0.05) is 12.8 Å². The zero-order chi connectivity index (χ0) is 59.2. The number of allylic oxidation sites excluding steroid dienone is 8. The first-order valence-corrected chi connectivity index (χ1v) is 36.9. The number of amides is 1. The maximum absolute atomic E-state index is 12.6. The molecular formula is C76H143NO5. The number of aliphatic hydroxyl groups is 2. The first-order valence-electron chi connectivity index (χ1n) is 36.9. The lowest BCUT2D eigenvalue weighted by Crippen LogP contribution is -2.45. The van der Waals surface area contributed by atoms with Crippen molar-refractivity contribution in [2.45, 2.75) is 411 Å². The third-order valence-electron chi connectivity index (χ3n) is 17.1. The second-order valence-electron chi connectivity index (χ2n) is 25.3. The van der Waals surface area contributed by atoms with E-state index in [1.54, 1.807) is 0 Å². The molecule has 2 atom stereocenters. The number of ether oxygens (including phenoxy) is 1. The largest absolute Gasteiger partial charge is 0.466 e. The van der Waals surface area contributed by atoms with Gasteiger partial charge in [-0.15, -0.1) is 0 Å². The van der Waals surface area contributed by atoms with Gasteiger partial charge in [-0.2, -0.15) is 0 Å². The number of nitrogens with one attached hydrogen (secondary N) is 1. The Hall–Kier alpha value is -2.18. The number of unbranched alkanes of at least 4 members (excludes halogenated alkanes) is 50.